The van der Waals surface area contributed by atoms with Gasteiger partial charge in [0, 0.05) is 31.9 Å². The topological polar surface area (TPSA) is 83.7 Å². The molecule has 0 aromatic heterocycles. The van der Waals surface area contributed by atoms with Crippen LogP contribution in [0, 0.1) is 0 Å². The fourth-order valence-corrected chi connectivity index (χ4v) is 4.05. The van der Waals surface area contributed by atoms with Crippen LogP contribution in [0.4, 0.5) is 5.69 Å². The molecule has 0 unspecified atom stereocenters. The van der Waals surface area contributed by atoms with Gasteiger partial charge < -0.3 is 10.6 Å². The predicted molar refractivity (Wildman–Crippen MR) is 103 cm³/mol. The first-order chi connectivity index (χ1) is 11.4. The SMILES string of the molecule is CCS(=O)(=O)N1CCN(C(=O)c2cc3ccccc3cc2N)CC1.Cl. The number of amides is 1. The van der Waals surface area contributed by atoms with Gasteiger partial charge in [-0.15, -0.1) is 12.4 Å². The van der Waals surface area contributed by atoms with Gasteiger partial charge in [0.05, 0.1) is 11.3 Å². The van der Waals surface area contributed by atoms with Crippen molar-refractivity contribution in [3.8, 4) is 0 Å². The van der Waals surface area contributed by atoms with Crippen molar-refractivity contribution >= 4 is 44.8 Å². The van der Waals surface area contributed by atoms with E-state index in [2.05, 4.69) is 0 Å². The number of anilines is 1. The Balaban J connectivity index is 0.00000225. The Labute approximate surface area is 154 Å². The van der Waals surface area contributed by atoms with Gasteiger partial charge in [-0.1, -0.05) is 24.3 Å². The number of hydrogen-bond donors (Lipinski definition) is 1. The van der Waals surface area contributed by atoms with E-state index >= 15 is 0 Å². The van der Waals surface area contributed by atoms with E-state index in [1.54, 1.807) is 17.9 Å². The van der Waals surface area contributed by atoms with Gasteiger partial charge in [-0.2, -0.15) is 4.31 Å². The van der Waals surface area contributed by atoms with E-state index in [9.17, 15) is 13.2 Å². The highest BCUT2D eigenvalue weighted by Crippen LogP contribution is 2.23. The summed E-state index contributed by atoms with van der Waals surface area (Å²) in [7, 11) is -3.20. The standard InChI is InChI=1S/C17H21N3O3S.ClH/c1-2-24(22,23)20-9-7-19(8-10-20)17(21)15-11-13-5-3-4-6-14(13)12-16(15)18;/h3-6,11-12H,2,7-10,18H2,1H3;1H. The summed E-state index contributed by atoms with van der Waals surface area (Å²) in [6.07, 6.45) is 0. The zero-order valence-electron chi connectivity index (χ0n) is 14.0. The Morgan fingerprint density at radius 3 is 2.20 bits per heavy atom. The van der Waals surface area contributed by atoms with Crippen molar-refractivity contribution in [1.29, 1.82) is 0 Å². The van der Waals surface area contributed by atoms with Gasteiger partial charge in [-0.25, -0.2) is 8.42 Å². The molecule has 0 atom stereocenters. The molecule has 2 aromatic carbocycles. The van der Waals surface area contributed by atoms with Crippen LogP contribution in [0.5, 0.6) is 0 Å². The number of sulfonamides is 1. The molecule has 136 valence electrons. The normalized spacial score (nSPS) is 15.8. The molecule has 0 spiro atoms. The smallest absolute Gasteiger partial charge is 0.256 e. The van der Waals surface area contributed by atoms with Crippen molar-refractivity contribution in [2.75, 3.05) is 37.7 Å². The number of piperazine rings is 1. The number of rotatable bonds is 3. The molecular weight excluding hydrogens is 362 g/mol. The van der Waals surface area contributed by atoms with Gasteiger partial charge in [-0.05, 0) is 29.8 Å². The maximum Gasteiger partial charge on any atom is 0.256 e. The highest BCUT2D eigenvalue weighted by atomic mass is 35.5. The number of fused-ring (bicyclic) bond motifs is 1. The lowest BCUT2D eigenvalue weighted by atomic mass is 10.0. The maximum absolute atomic E-state index is 12.8. The Bertz CT molecular complexity index is 878. The van der Waals surface area contributed by atoms with Gasteiger partial charge in [0.1, 0.15) is 0 Å². The van der Waals surface area contributed by atoms with E-state index in [1.807, 2.05) is 30.3 Å². The maximum atomic E-state index is 12.8. The summed E-state index contributed by atoms with van der Waals surface area (Å²) in [5, 5.41) is 1.95. The summed E-state index contributed by atoms with van der Waals surface area (Å²) in [4.78, 5) is 14.4. The Morgan fingerprint density at radius 1 is 1.08 bits per heavy atom. The molecule has 6 nitrogen and oxygen atoms in total. The van der Waals surface area contributed by atoms with E-state index in [0.717, 1.165) is 10.8 Å². The fourth-order valence-electron chi connectivity index (χ4n) is 2.97. The average molecular weight is 384 g/mol. The first-order valence-electron chi connectivity index (χ1n) is 7.98. The number of hydrogen-bond acceptors (Lipinski definition) is 4. The molecule has 1 aliphatic rings. The molecular formula is C17H22ClN3O3S. The van der Waals surface area contributed by atoms with Crippen molar-refractivity contribution in [3.05, 3.63) is 42.0 Å². The summed E-state index contributed by atoms with van der Waals surface area (Å²) in [5.74, 6) is -0.0646. The van der Waals surface area contributed by atoms with Crippen LogP contribution in [0.3, 0.4) is 0 Å². The molecule has 0 aliphatic carbocycles. The summed E-state index contributed by atoms with van der Waals surface area (Å²) in [5.41, 5.74) is 6.98. The van der Waals surface area contributed by atoms with Gasteiger partial charge >= 0.3 is 0 Å². The average Bonchev–Trinajstić information content (AvgIpc) is 2.60. The van der Waals surface area contributed by atoms with Crippen LogP contribution < -0.4 is 5.73 Å². The number of nitrogens with zero attached hydrogens (tertiary/aromatic N) is 2. The second-order valence-corrected chi connectivity index (χ2v) is 8.14. The largest absolute Gasteiger partial charge is 0.398 e. The lowest BCUT2D eigenvalue weighted by Gasteiger charge is -2.34. The van der Waals surface area contributed by atoms with E-state index < -0.39 is 10.0 Å². The van der Waals surface area contributed by atoms with E-state index in [0.29, 0.717) is 37.4 Å². The number of carbonyl (C=O) groups is 1. The van der Waals surface area contributed by atoms with Crippen molar-refractivity contribution < 1.29 is 13.2 Å². The third-order valence-corrected chi connectivity index (χ3v) is 6.31. The third-order valence-electron chi connectivity index (χ3n) is 4.43. The minimum Gasteiger partial charge on any atom is -0.398 e. The van der Waals surface area contributed by atoms with E-state index in [-0.39, 0.29) is 24.1 Å². The highest BCUT2D eigenvalue weighted by molar-refractivity contribution is 7.89. The minimum atomic E-state index is -3.20. The molecule has 3 rings (SSSR count). The zero-order valence-corrected chi connectivity index (χ0v) is 15.6. The number of halogens is 1. The lowest BCUT2D eigenvalue weighted by Crippen LogP contribution is -2.50. The molecule has 0 radical (unpaired) electrons. The van der Waals surface area contributed by atoms with Crippen LogP contribution in [-0.4, -0.2) is 55.5 Å². The molecule has 2 aromatic rings. The van der Waals surface area contributed by atoms with Crippen LogP contribution in [0.1, 0.15) is 17.3 Å². The van der Waals surface area contributed by atoms with Crippen molar-refractivity contribution in [2.45, 2.75) is 6.92 Å². The van der Waals surface area contributed by atoms with E-state index in [1.165, 1.54) is 4.31 Å². The molecule has 8 heteroatoms. The molecule has 1 saturated heterocycles. The van der Waals surface area contributed by atoms with Gasteiger partial charge in [0.15, 0.2) is 0 Å². The summed E-state index contributed by atoms with van der Waals surface area (Å²) >= 11 is 0. The number of nitrogen functional groups attached to an aromatic ring is 1. The van der Waals surface area contributed by atoms with Crippen molar-refractivity contribution in [2.24, 2.45) is 0 Å². The van der Waals surface area contributed by atoms with Crippen LogP contribution in [0.25, 0.3) is 10.8 Å². The monoisotopic (exact) mass is 383 g/mol. The second kappa shape index (κ2) is 7.59. The second-order valence-electron chi connectivity index (χ2n) is 5.88. The molecule has 2 N–H and O–H groups in total. The molecule has 1 heterocycles. The van der Waals surface area contributed by atoms with Crippen LogP contribution >= 0.6 is 12.4 Å². The Kier molecular flexibility index (Phi) is 5.92. The zero-order chi connectivity index (χ0) is 17.3. The third kappa shape index (κ3) is 3.89. The summed E-state index contributed by atoms with van der Waals surface area (Å²) < 4.78 is 25.3. The first kappa shape index (κ1) is 19.5. The lowest BCUT2D eigenvalue weighted by molar-refractivity contribution is 0.0699. The molecule has 0 bridgehead atoms. The molecule has 1 amide bonds. The summed E-state index contributed by atoms with van der Waals surface area (Å²) in [6.45, 7) is 3.04. The Hall–Kier alpha value is -1.83. The van der Waals surface area contributed by atoms with Crippen molar-refractivity contribution in [1.82, 2.24) is 9.21 Å². The van der Waals surface area contributed by atoms with E-state index in [4.69, 9.17) is 5.73 Å². The summed E-state index contributed by atoms with van der Waals surface area (Å²) in [6, 6.07) is 11.4. The number of nitrogens with two attached hydrogens (primary N) is 1. The van der Waals surface area contributed by atoms with Gasteiger partial charge in [0.2, 0.25) is 10.0 Å². The quantitative estimate of drug-likeness (QED) is 0.821. The molecule has 1 fully saturated rings. The van der Waals surface area contributed by atoms with Crippen LogP contribution in [-0.2, 0) is 10.0 Å². The molecule has 25 heavy (non-hydrogen) atoms. The van der Waals surface area contributed by atoms with Crippen LogP contribution in [0.15, 0.2) is 36.4 Å². The molecule has 0 saturated carbocycles. The van der Waals surface area contributed by atoms with Gasteiger partial charge in [0.25, 0.3) is 5.91 Å². The fraction of sp³-hybridized carbons (Fsp3) is 0.353. The number of carbonyl (C=O) groups excluding carboxylic acids is 1. The first-order valence-corrected chi connectivity index (χ1v) is 9.58. The van der Waals surface area contributed by atoms with Crippen LogP contribution in [0.2, 0.25) is 0 Å². The predicted octanol–water partition coefficient (Wildman–Crippen LogP) is 1.95. The molecule has 1 aliphatic heterocycles. The Morgan fingerprint density at radius 2 is 1.64 bits per heavy atom. The van der Waals surface area contributed by atoms with Crippen molar-refractivity contribution in [3.63, 3.8) is 0 Å². The number of benzene rings is 2. The van der Waals surface area contributed by atoms with Gasteiger partial charge in [-0.3, -0.25) is 4.79 Å². The minimum absolute atomic E-state index is 0. The highest BCUT2D eigenvalue weighted by Gasteiger charge is 2.28.